The number of fused-ring (bicyclic) bond motifs is 8. The third kappa shape index (κ3) is 13.1. The molecule has 0 saturated carbocycles. The first-order chi connectivity index (χ1) is 39.0. The lowest BCUT2D eigenvalue weighted by atomic mass is 9.73. The molecular weight excluding hydrogens is 1060 g/mol. The molecule has 9 heteroatoms. The number of allylic oxidation sites excluding steroid dienone is 2. The number of benzene rings is 8. The van der Waals surface area contributed by atoms with Crippen LogP contribution in [0.25, 0.3) is 32.3 Å². The lowest BCUT2D eigenvalue weighted by molar-refractivity contribution is 0.00357. The number of hydrogen-bond acceptors (Lipinski definition) is 4. The highest BCUT2D eigenvalue weighted by molar-refractivity contribution is 6.23. The largest absolute Gasteiger partial charge is 0.507 e. The first-order valence-corrected chi connectivity index (χ1v) is 29.8. The Hall–Kier alpha value is -6.71. The summed E-state index contributed by atoms with van der Waals surface area (Å²) < 4.78 is 70.4. The maximum absolute atomic E-state index is 12.9. The maximum atomic E-state index is 12.9. The van der Waals surface area contributed by atoms with Crippen LogP contribution in [0.5, 0.6) is 17.2 Å². The molecule has 4 nitrogen and oxygen atoms in total. The predicted molar refractivity (Wildman–Crippen MR) is 337 cm³/mol. The third-order valence-electron chi connectivity index (χ3n) is 16.8. The number of rotatable bonds is 4. The van der Waals surface area contributed by atoms with Crippen molar-refractivity contribution < 1.29 is 42.0 Å². The zero-order chi connectivity index (χ0) is 62.0. The van der Waals surface area contributed by atoms with Gasteiger partial charge in [0.2, 0.25) is 5.82 Å². The van der Waals surface area contributed by atoms with Gasteiger partial charge in [-0.05, 0) is 159 Å². The first-order valence-electron chi connectivity index (χ1n) is 29.8. The van der Waals surface area contributed by atoms with Gasteiger partial charge in [-0.25, -0.2) is 22.0 Å². The standard InChI is InChI=1S/C47H64O4.C19H16.C9H7F5/c1-27(2)51-43-34-17-32-23-37(45(6,7)8)21-30(41(32)49)15-28-19-36(44(3,4)5)20-29(40(28)48)16-31-22-38(46(9,10)11)24-33(42(31)50)18-35(43)26-39(25-34)47(12,13)14;1-12(2)16-10-8-15-7-6-13-4-3-5-14-9-11-17(16)19(15)18(13)14;1-3(2)4-5(10)7(12)9(14)8(13)6(4)11/h19-27,34,43,48-50H,15-18H2,1-14H3;3-12H,1-2H3;3H,1-2H3/t34?,43-;;/m1../s1. The van der Waals surface area contributed by atoms with E-state index in [1.165, 1.54) is 57.3 Å². The highest BCUT2D eigenvalue weighted by Gasteiger charge is 2.35. The summed E-state index contributed by atoms with van der Waals surface area (Å²) in [6.45, 7) is 38.0. The van der Waals surface area contributed by atoms with E-state index in [2.05, 4.69) is 214 Å². The van der Waals surface area contributed by atoms with Gasteiger partial charge in [-0.2, -0.15) is 0 Å². The topological polar surface area (TPSA) is 69.9 Å². The molecule has 0 aliphatic heterocycles. The van der Waals surface area contributed by atoms with Crippen LogP contribution in [-0.2, 0) is 46.7 Å². The Labute approximate surface area is 495 Å². The Bertz CT molecular complexity index is 3790. The second kappa shape index (κ2) is 23.6. The Morgan fingerprint density at radius 2 is 0.845 bits per heavy atom. The second-order valence-electron chi connectivity index (χ2n) is 28.6. The average molecular weight is 1150 g/mol. The molecule has 84 heavy (non-hydrogen) atoms. The molecule has 2 atom stereocenters. The van der Waals surface area contributed by atoms with Gasteiger partial charge in [-0.1, -0.05) is 214 Å². The van der Waals surface area contributed by atoms with Gasteiger partial charge >= 0.3 is 0 Å². The molecule has 2 aliphatic carbocycles. The van der Waals surface area contributed by atoms with Crippen LogP contribution in [0, 0.1) is 40.4 Å². The van der Waals surface area contributed by atoms with Crippen LogP contribution in [0.15, 0.2) is 114 Å². The summed E-state index contributed by atoms with van der Waals surface area (Å²) in [6, 6.07) is 32.9. The van der Waals surface area contributed by atoms with E-state index in [1.54, 1.807) is 0 Å². The molecule has 8 aromatic carbocycles. The molecule has 446 valence electrons. The van der Waals surface area contributed by atoms with Crippen LogP contribution >= 0.6 is 0 Å². The third-order valence-corrected chi connectivity index (χ3v) is 16.8. The van der Waals surface area contributed by atoms with Crippen molar-refractivity contribution in [3.05, 3.63) is 205 Å². The van der Waals surface area contributed by atoms with E-state index >= 15 is 0 Å². The van der Waals surface area contributed by atoms with Crippen LogP contribution in [-0.4, -0.2) is 27.5 Å². The van der Waals surface area contributed by atoms with Crippen LogP contribution < -0.4 is 0 Å². The molecule has 8 bridgehead atoms. The highest BCUT2D eigenvalue weighted by Crippen LogP contribution is 2.45. The molecule has 0 spiro atoms. The molecule has 0 fully saturated rings. The minimum absolute atomic E-state index is 0.0174. The first kappa shape index (κ1) is 63.3. The number of halogens is 5. The van der Waals surface area contributed by atoms with Crippen molar-refractivity contribution in [3.8, 4) is 17.2 Å². The van der Waals surface area contributed by atoms with E-state index in [-0.39, 0.29) is 51.3 Å². The summed E-state index contributed by atoms with van der Waals surface area (Å²) in [4.78, 5) is 0. The van der Waals surface area contributed by atoms with E-state index in [0.717, 1.165) is 55.6 Å². The average Bonchev–Trinajstić information content (AvgIpc) is 1.58. The molecule has 8 aromatic rings. The number of phenolic OH excluding ortho intramolecular Hbond substituents is 3. The summed E-state index contributed by atoms with van der Waals surface area (Å²) >= 11 is 0. The van der Waals surface area contributed by atoms with Crippen LogP contribution in [0.4, 0.5) is 22.0 Å². The van der Waals surface area contributed by atoms with Gasteiger partial charge in [0, 0.05) is 24.3 Å². The van der Waals surface area contributed by atoms with Gasteiger partial charge in [0.25, 0.3) is 0 Å². The van der Waals surface area contributed by atoms with Crippen molar-refractivity contribution in [1.82, 2.24) is 0 Å². The molecule has 0 aromatic heterocycles. The molecule has 0 amide bonds. The van der Waals surface area contributed by atoms with Crippen molar-refractivity contribution in [2.24, 2.45) is 11.3 Å². The number of hydrogen-bond donors (Lipinski definition) is 3. The Balaban J connectivity index is 0.000000223. The SMILES string of the molecule is CC(C)O[C@H]1C2=CC(C(C)(C)C)=CC1Cc1cc(C(C)(C)C)cc(c1O)Cc1cc(C(C)(C)C)cc(c1O)Cc1cc(C(C)(C)C)cc(c1O)C2.CC(C)c1c(F)c(F)c(F)c(F)c1F.CC(C)c1ccc2ccc3cccc4ccc1c2c34. The van der Waals surface area contributed by atoms with E-state index in [1.807, 2.05) is 0 Å². The minimum Gasteiger partial charge on any atom is -0.507 e. The van der Waals surface area contributed by atoms with E-state index in [4.69, 9.17) is 4.74 Å². The number of phenols is 3. The molecule has 0 radical (unpaired) electrons. The fourth-order valence-corrected chi connectivity index (χ4v) is 11.9. The smallest absolute Gasteiger partial charge is 0.200 e. The molecule has 1 unspecified atom stereocenters. The van der Waals surface area contributed by atoms with E-state index in [0.29, 0.717) is 37.4 Å². The summed E-state index contributed by atoms with van der Waals surface area (Å²) in [5.74, 6) is -8.87. The van der Waals surface area contributed by atoms with Crippen molar-refractivity contribution in [2.75, 3.05) is 0 Å². The maximum Gasteiger partial charge on any atom is 0.200 e. The number of ether oxygens (including phenoxy) is 1. The lowest BCUT2D eigenvalue weighted by Crippen LogP contribution is -2.34. The second-order valence-corrected chi connectivity index (χ2v) is 28.6. The summed E-state index contributed by atoms with van der Waals surface area (Å²) in [7, 11) is 0. The molecule has 10 rings (SSSR count). The zero-order valence-electron chi connectivity index (χ0n) is 52.7. The Kier molecular flexibility index (Phi) is 17.8. The molecule has 0 heterocycles. The van der Waals surface area contributed by atoms with Crippen molar-refractivity contribution in [1.29, 1.82) is 0 Å². The fourth-order valence-electron chi connectivity index (χ4n) is 11.9. The van der Waals surface area contributed by atoms with E-state index in [9.17, 15) is 37.3 Å². The van der Waals surface area contributed by atoms with Crippen LogP contribution in [0.1, 0.15) is 198 Å². The zero-order valence-corrected chi connectivity index (χ0v) is 52.7. The van der Waals surface area contributed by atoms with Crippen LogP contribution in [0.3, 0.4) is 0 Å². The Morgan fingerprint density at radius 3 is 1.26 bits per heavy atom. The van der Waals surface area contributed by atoms with Crippen molar-refractivity contribution in [3.63, 3.8) is 0 Å². The van der Waals surface area contributed by atoms with Crippen molar-refractivity contribution >= 4 is 32.3 Å². The molecule has 3 N–H and O–H groups in total. The molecular formula is C75H87F5O4. The van der Waals surface area contributed by atoms with Gasteiger partial charge in [-0.15, -0.1) is 0 Å². The normalized spacial score (nSPS) is 16.0. The van der Waals surface area contributed by atoms with Gasteiger partial charge in [0.1, 0.15) is 17.2 Å². The summed E-state index contributed by atoms with van der Waals surface area (Å²) in [6.07, 6.45) is 6.30. The molecule has 0 saturated heterocycles. The van der Waals surface area contributed by atoms with Crippen molar-refractivity contribution in [2.45, 2.75) is 191 Å². The fraction of sp³-hybridized carbons (Fsp3) is 0.413. The van der Waals surface area contributed by atoms with Gasteiger partial charge in [0.15, 0.2) is 23.3 Å². The predicted octanol–water partition coefficient (Wildman–Crippen LogP) is 20.5. The minimum atomic E-state index is -2.12. The summed E-state index contributed by atoms with van der Waals surface area (Å²) in [5.41, 5.74) is 10.8. The number of aromatic hydroxyl groups is 3. The van der Waals surface area contributed by atoms with Crippen LogP contribution in [0.2, 0.25) is 0 Å². The molecule has 2 aliphatic rings. The quantitative estimate of drug-likeness (QED) is 0.0711. The summed E-state index contributed by atoms with van der Waals surface area (Å²) in [5, 5.41) is 44.6. The highest BCUT2D eigenvalue weighted by atomic mass is 19.2. The van der Waals surface area contributed by atoms with Gasteiger partial charge in [0.05, 0.1) is 12.2 Å². The van der Waals surface area contributed by atoms with E-state index < -0.39 is 40.6 Å². The lowest BCUT2D eigenvalue weighted by Gasteiger charge is -2.37. The monoisotopic (exact) mass is 1150 g/mol. The van der Waals surface area contributed by atoms with Gasteiger partial charge < -0.3 is 20.1 Å². The van der Waals surface area contributed by atoms with Gasteiger partial charge in [-0.3, -0.25) is 0 Å². The Morgan fingerprint density at radius 1 is 0.452 bits per heavy atom.